The number of rotatable bonds is 2. The van der Waals surface area contributed by atoms with Crippen molar-refractivity contribution in [3.8, 4) is 6.07 Å². The molecular formula is C10H19NO. The lowest BCUT2D eigenvalue weighted by Crippen LogP contribution is -2.36. The van der Waals surface area contributed by atoms with Crippen molar-refractivity contribution in [1.82, 2.24) is 0 Å². The Morgan fingerprint density at radius 3 is 2.00 bits per heavy atom. The third-order valence-corrected chi connectivity index (χ3v) is 2.01. The van der Waals surface area contributed by atoms with Gasteiger partial charge in [-0.1, -0.05) is 20.8 Å². The second kappa shape index (κ2) is 3.45. The van der Waals surface area contributed by atoms with Gasteiger partial charge < -0.3 is 5.11 Å². The summed E-state index contributed by atoms with van der Waals surface area (Å²) in [5, 5.41) is 18.6. The third kappa shape index (κ3) is 3.73. The fraction of sp³-hybridized carbons (Fsp3) is 0.900. The highest BCUT2D eigenvalue weighted by Crippen LogP contribution is 2.31. The topological polar surface area (TPSA) is 44.0 Å². The number of nitriles is 1. The van der Waals surface area contributed by atoms with E-state index in [0.717, 1.165) is 0 Å². The number of hydrogen-bond acceptors (Lipinski definition) is 2. The number of aliphatic hydroxyl groups is 1. The standard InChI is InChI=1S/C10H19NO/c1-8(6-11)10(5,12)7-9(2,3)4/h8,12H,7H2,1-5H3. The zero-order chi connectivity index (χ0) is 9.99. The molecule has 0 saturated heterocycles. The summed E-state index contributed by atoms with van der Waals surface area (Å²) in [5.74, 6) is -0.309. The first-order chi connectivity index (χ1) is 5.19. The SMILES string of the molecule is CC(C#N)C(C)(O)CC(C)(C)C. The highest BCUT2D eigenvalue weighted by Gasteiger charge is 2.32. The van der Waals surface area contributed by atoms with Crippen molar-refractivity contribution in [3.05, 3.63) is 0 Å². The Kier molecular flexibility index (Phi) is 3.29. The molecule has 0 aromatic rings. The van der Waals surface area contributed by atoms with Crippen molar-refractivity contribution in [1.29, 1.82) is 5.26 Å². The lowest BCUT2D eigenvalue weighted by Gasteiger charge is -2.32. The van der Waals surface area contributed by atoms with Crippen molar-refractivity contribution < 1.29 is 5.11 Å². The van der Waals surface area contributed by atoms with Gasteiger partial charge >= 0.3 is 0 Å². The van der Waals surface area contributed by atoms with Gasteiger partial charge in [-0.15, -0.1) is 0 Å². The average molecular weight is 169 g/mol. The van der Waals surface area contributed by atoms with Crippen molar-refractivity contribution >= 4 is 0 Å². The van der Waals surface area contributed by atoms with Crippen molar-refractivity contribution in [2.45, 2.75) is 46.6 Å². The van der Waals surface area contributed by atoms with Gasteiger partial charge in [0.15, 0.2) is 0 Å². The zero-order valence-electron chi connectivity index (χ0n) is 8.68. The number of nitrogens with zero attached hydrogens (tertiary/aromatic N) is 1. The quantitative estimate of drug-likeness (QED) is 0.689. The molecule has 0 aromatic heterocycles. The molecule has 0 saturated carbocycles. The van der Waals surface area contributed by atoms with Crippen molar-refractivity contribution in [2.24, 2.45) is 11.3 Å². The van der Waals surface area contributed by atoms with Crippen LogP contribution in [0.1, 0.15) is 41.0 Å². The van der Waals surface area contributed by atoms with Crippen LogP contribution in [0.2, 0.25) is 0 Å². The Morgan fingerprint density at radius 1 is 1.33 bits per heavy atom. The summed E-state index contributed by atoms with van der Waals surface area (Å²) in [6.45, 7) is 9.67. The van der Waals surface area contributed by atoms with Gasteiger partial charge in [0.1, 0.15) is 0 Å². The molecule has 0 aliphatic rings. The van der Waals surface area contributed by atoms with Crippen molar-refractivity contribution in [3.63, 3.8) is 0 Å². The lowest BCUT2D eigenvalue weighted by atomic mass is 9.77. The summed E-state index contributed by atoms with van der Waals surface area (Å²) in [5.41, 5.74) is -0.804. The van der Waals surface area contributed by atoms with Crippen LogP contribution < -0.4 is 0 Å². The largest absolute Gasteiger partial charge is 0.389 e. The van der Waals surface area contributed by atoms with E-state index in [1.807, 2.05) is 0 Å². The molecule has 0 aliphatic carbocycles. The van der Waals surface area contributed by atoms with Crippen LogP contribution in [0, 0.1) is 22.7 Å². The van der Waals surface area contributed by atoms with Gasteiger partial charge in [0.25, 0.3) is 0 Å². The zero-order valence-corrected chi connectivity index (χ0v) is 8.68. The highest BCUT2D eigenvalue weighted by molar-refractivity contribution is 4.95. The average Bonchev–Trinajstić information content (AvgIpc) is 1.80. The number of hydrogen-bond donors (Lipinski definition) is 1. The van der Waals surface area contributed by atoms with Gasteiger partial charge in [-0.3, -0.25) is 0 Å². The predicted molar refractivity (Wildman–Crippen MR) is 49.5 cm³/mol. The van der Waals surface area contributed by atoms with Crippen molar-refractivity contribution in [2.75, 3.05) is 0 Å². The Morgan fingerprint density at radius 2 is 1.75 bits per heavy atom. The summed E-state index contributed by atoms with van der Waals surface area (Å²) in [7, 11) is 0. The minimum absolute atomic E-state index is 0.0641. The summed E-state index contributed by atoms with van der Waals surface area (Å²) < 4.78 is 0. The first kappa shape index (κ1) is 11.4. The van der Waals surface area contributed by atoms with E-state index < -0.39 is 5.60 Å². The van der Waals surface area contributed by atoms with Crippen LogP contribution in [0.4, 0.5) is 0 Å². The molecule has 2 atom stereocenters. The maximum atomic E-state index is 9.90. The van der Waals surface area contributed by atoms with Crippen LogP contribution in [0.25, 0.3) is 0 Å². The van der Waals surface area contributed by atoms with Crippen LogP contribution in [-0.4, -0.2) is 10.7 Å². The van der Waals surface area contributed by atoms with E-state index in [2.05, 4.69) is 26.8 Å². The maximum absolute atomic E-state index is 9.90. The summed E-state index contributed by atoms with van der Waals surface area (Å²) in [4.78, 5) is 0. The van der Waals surface area contributed by atoms with Gasteiger partial charge in [-0.2, -0.15) is 5.26 Å². The van der Waals surface area contributed by atoms with Gasteiger partial charge in [0.05, 0.1) is 17.6 Å². The molecule has 1 N–H and O–H groups in total. The smallest absolute Gasteiger partial charge is 0.0779 e. The fourth-order valence-electron chi connectivity index (χ4n) is 1.37. The van der Waals surface area contributed by atoms with E-state index in [4.69, 9.17) is 5.26 Å². The van der Waals surface area contributed by atoms with Gasteiger partial charge in [0, 0.05) is 0 Å². The third-order valence-electron chi connectivity index (χ3n) is 2.01. The molecule has 2 unspecified atom stereocenters. The first-order valence-corrected chi connectivity index (χ1v) is 4.31. The van der Waals surface area contributed by atoms with Crippen LogP contribution >= 0.6 is 0 Å². The van der Waals surface area contributed by atoms with Gasteiger partial charge in [-0.25, -0.2) is 0 Å². The molecule has 0 bridgehead atoms. The monoisotopic (exact) mass is 169 g/mol. The van der Waals surface area contributed by atoms with Gasteiger partial charge in [-0.05, 0) is 25.7 Å². The Bertz CT molecular complexity index is 183. The molecule has 2 nitrogen and oxygen atoms in total. The minimum Gasteiger partial charge on any atom is -0.389 e. The van der Waals surface area contributed by atoms with E-state index >= 15 is 0 Å². The normalized spacial score (nSPS) is 19.4. The molecule has 70 valence electrons. The molecule has 0 rings (SSSR count). The second-order valence-corrected chi connectivity index (χ2v) is 4.95. The Balaban J connectivity index is 4.35. The van der Waals surface area contributed by atoms with E-state index in [1.54, 1.807) is 13.8 Å². The van der Waals surface area contributed by atoms with Crippen LogP contribution in [-0.2, 0) is 0 Å². The van der Waals surface area contributed by atoms with E-state index in [1.165, 1.54) is 0 Å². The molecule has 2 heteroatoms. The Labute approximate surface area is 75.2 Å². The maximum Gasteiger partial charge on any atom is 0.0779 e. The molecule has 0 radical (unpaired) electrons. The molecular weight excluding hydrogens is 150 g/mol. The highest BCUT2D eigenvalue weighted by atomic mass is 16.3. The molecule has 0 heterocycles. The Hall–Kier alpha value is -0.550. The molecule has 0 spiro atoms. The summed E-state index contributed by atoms with van der Waals surface area (Å²) in [6, 6.07) is 2.08. The molecule has 0 aromatic carbocycles. The summed E-state index contributed by atoms with van der Waals surface area (Å²) in [6.07, 6.45) is 0.648. The van der Waals surface area contributed by atoms with Crippen LogP contribution in [0.5, 0.6) is 0 Å². The van der Waals surface area contributed by atoms with E-state index in [9.17, 15) is 5.11 Å². The molecule has 0 aliphatic heterocycles. The van der Waals surface area contributed by atoms with E-state index in [0.29, 0.717) is 6.42 Å². The predicted octanol–water partition coefficient (Wildman–Crippen LogP) is 2.33. The first-order valence-electron chi connectivity index (χ1n) is 4.31. The fourth-order valence-corrected chi connectivity index (χ4v) is 1.37. The summed E-state index contributed by atoms with van der Waals surface area (Å²) >= 11 is 0. The molecule has 0 amide bonds. The van der Waals surface area contributed by atoms with E-state index in [-0.39, 0.29) is 11.3 Å². The minimum atomic E-state index is -0.868. The van der Waals surface area contributed by atoms with Crippen LogP contribution in [0.3, 0.4) is 0 Å². The van der Waals surface area contributed by atoms with Gasteiger partial charge in [0.2, 0.25) is 0 Å². The molecule has 12 heavy (non-hydrogen) atoms. The lowest BCUT2D eigenvalue weighted by molar-refractivity contribution is -0.00943. The molecule has 0 fully saturated rings. The second-order valence-electron chi connectivity index (χ2n) is 4.95. The van der Waals surface area contributed by atoms with Crippen LogP contribution in [0.15, 0.2) is 0 Å².